The minimum atomic E-state index is 0.191. The maximum absolute atomic E-state index is 4.27. The highest BCUT2D eigenvalue weighted by atomic mass is 15.0. The fourth-order valence-corrected chi connectivity index (χ4v) is 1.92. The first-order valence-corrected chi connectivity index (χ1v) is 4.99. The molecule has 1 heterocycles. The van der Waals surface area contributed by atoms with Gasteiger partial charge in [0.1, 0.15) is 0 Å². The summed E-state index contributed by atoms with van der Waals surface area (Å²) in [6.07, 6.45) is 1.82. The van der Waals surface area contributed by atoms with Crippen LogP contribution in [-0.4, -0.2) is 12.9 Å². The summed E-state index contributed by atoms with van der Waals surface area (Å²) < 4.78 is 0. The van der Waals surface area contributed by atoms with Gasteiger partial charge in [0.05, 0.1) is 12.4 Å². The molecule has 0 aromatic heterocycles. The van der Waals surface area contributed by atoms with Gasteiger partial charge in [0.25, 0.3) is 0 Å². The molecule has 0 saturated carbocycles. The largest absolute Gasteiger partial charge is 0.369 e. The molecule has 0 saturated heterocycles. The first kappa shape index (κ1) is 9.25. The van der Waals surface area contributed by atoms with Crippen LogP contribution in [0.5, 0.6) is 0 Å². The standard InChI is InChI=1S/C12H16N2/c1-12(2)8-13-9-14-11(12)10-6-4-3-5-7-10/h3-7,9,11H,8H2,1-2H3,(H,13,14)/t11-/m1/s1. The molecule has 0 aliphatic carbocycles. The summed E-state index contributed by atoms with van der Waals surface area (Å²) in [7, 11) is 0. The number of hydrogen-bond acceptors (Lipinski definition) is 2. The summed E-state index contributed by atoms with van der Waals surface area (Å²) in [4.78, 5) is 4.27. The van der Waals surface area contributed by atoms with E-state index < -0.39 is 0 Å². The second-order valence-electron chi connectivity index (χ2n) is 4.47. The molecule has 0 bridgehead atoms. The van der Waals surface area contributed by atoms with Crippen molar-refractivity contribution < 1.29 is 0 Å². The Hall–Kier alpha value is -1.31. The Bertz CT molecular complexity index is 327. The summed E-state index contributed by atoms with van der Waals surface area (Å²) in [5.41, 5.74) is 1.53. The van der Waals surface area contributed by atoms with E-state index in [0.717, 1.165) is 6.54 Å². The van der Waals surface area contributed by atoms with Gasteiger partial charge in [0.2, 0.25) is 0 Å². The van der Waals surface area contributed by atoms with Gasteiger partial charge in [-0.2, -0.15) is 0 Å². The molecule has 1 atom stereocenters. The molecule has 14 heavy (non-hydrogen) atoms. The van der Waals surface area contributed by atoms with E-state index in [2.05, 4.69) is 48.4 Å². The van der Waals surface area contributed by atoms with E-state index >= 15 is 0 Å². The van der Waals surface area contributed by atoms with Crippen molar-refractivity contribution in [2.24, 2.45) is 10.4 Å². The predicted molar refractivity (Wildman–Crippen MR) is 59.5 cm³/mol. The van der Waals surface area contributed by atoms with Crippen LogP contribution in [0.25, 0.3) is 0 Å². The van der Waals surface area contributed by atoms with E-state index in [-0.39, 0.29) is 5.41 Å². The predicted octanol–water partition coefficient (Wildman–Crippen LogP) is 2.39. The lowest BCUT2D eigenvalue weighted by atomic mass is 9.80. The highest BCUT2D eigenvalue weighted by Gasteiger charge is 2.31. The van der Waals surface area contributed by atoms with E-state index in [4.69, 9.17) is 0 Å². The van der Waals surface area contributed by atoms with Crippen LogP contribution in [0.3, 0.4) is 0 Å². The minimum Gasteiger partial charge on any atom is -0.369 e. The lowest BCUT2D eigenvalue weighted by Gasteiger charge is -2.36. The Morgan fingerprint density at radius 3 is 2.64 bits per heavy atom. The van der Waals surface area contributed by atoms with Gasteiger partial charge in [-0.25, -0.2) is 0 Å². The fourth-order valence-electron chi connectivity index (χ4n) is 1.92. The zero-order valence-electron chi connectivity index (χ0n) is 8.70. The van der Waals surface area contributed by atoms with Gasteiger partial charge in [-0.3, -0.25) is 4.99 Å². The summed E-state index contributed by atoms with van der Waals surface area (Å²) in [5, 5.41) is 3.33. The maximum atomic E-state index is 4.27. The van der Waals surface area contributed by atoms with Gasteiger partial charge in [0.15, 0.2) is 0 Å². The van der Waals surface area contributed by atoms with Crippen LogP contribution in [0, 0.1) is 5.41 Å². The van der Waals surface area contributed by atoms with Gasteiger partial charge >= 0.3 is 0 Å². The number of nitrogens with zero attached hydrogens (tertiary/aromatic N) is 1. The molecule has 74 valence electrons. The van der Waals surface area contributed by atoms with Gasteiger partial charge < -0.3 is 5.32 Å². The third-order valence-corrected chi connectivity index (χ3v) is 2.75. The zero-order valence-corrected chi connectivity index (χ0v) is 8.70. The smallest absolute Gasteiger partial charge is 0.0829 e. The van der Waals surface area contributed by atoms with Gasteiger partial charge in [-0.1, -0.05) is 44.2 Å². The highest BCUT2D eigenvalue weighted by molar-refractivity contribution is 5.57. The SMILES string of the molecule is CC1(C)CN=CN[C@@H]1c1ccccc1. The van der Waals surface area contributed by atoms with E-state index in [1.807, 2.05) is 12.4 Å². The molecule has 2 nitrogen and oxygen atoms in total. The van der Waals surface area contributed by atoms with Crippen molar-refractivity contribution in [3.8, 4) is 0 Å². The molecule has 2 rings (SSSR count). The molecular weight excluding hydrogens is 172 g/mol. The third kappa shape index (κ3) is 1.65. The monoisotopic (exact) mass is 188 g/mol. The second-order valence-corrected chi connectivity index (χ2v) is 4.47. The molecule has 0 radical (unpaired) electrons. The average Bonchev–Trinajstić information content (AvgIpc) is 2.18. The van der Waals surface area contributed by atoms with Crippen LogP contribution < -0.4 is 5.32 Å². The quantitative estimate of drug-likeness (QED) is 0.719. The number of aliphatic imine (C=N–C) groups is 1. The lowest BCUT2D eigenvalue weighted by molar-refractivity contribution is 0.269. The third-order valence-electron chi connectivity index (χ3n) is 2.75. The molecule has 1 aromatic rings. The molecule has 0 spiro atoms. The van der Waals surface area contributed by atoms with Gasteiger partial charge in [-0.05, 0) is 5.56 Å². The van der Waals surface area contributed by atoms with E-state index in [1.54, 1.807) is 0 Å². The summed E-state index contributed by atoms with van der Waals surface area (Å²) in [6.45, 7) is 5.38. The van der Waals surface area contributed by atoms with E-state index in [0.29, 0.717) is 6.04 Å². The Kier molecular flexibility index (Phi) is 2.28. The molecule has 1 N–H and O–H groups in total. The van der Waals surface area contributed by atoms with Crippen molar-refractivity contribution in [1.29, 1.82) is 0 Å². The summed E-state index contributed by atoms with van der Waals surface area (Å²) in [5.74, 6) is 0. The van der Waals surface area contributed by atoms with Crippen molar-refractivity contribution in [3.05, 3.63) is 35.9 Å². The van der Waals surface area contributed by atoms with E-state index in [9.17, 15) is 0 Å². The maximum Gasteiger partial charge on any atom is 0.0829 e. The fraction of sp³-hybridized carbons (Fsp3) is 0.417. The minimum absolute atomic E-state index is 0.191. The van der Waals surface area contributed by atoms with Crippen LogP contribution in [0.4, 0.5) is 0 Å². The molecule has 1 aliphatic heterocycles. The average molecular weight is 188 g/mol. The normalized spacial score (nSPS) is 24.3. The van der Waals surface area contributed by atoms with Crippen LogP contribution in [0.1, 0.15) is 25.5 Å². The van der Waals surface area contributed by atoms with Crippen LogP contribution in [0.2, 0.25) is 0 Å². The Morgan fingerprint density at radius 2 is 2.00 bits per heavy atom. The van der Waals surface area contributed by atoms with Crippen molar-refractivity contribution in [3.63, 3.8) is 0 Å². The molecule has 2 heteroatoms. The molecule has 0 amide bonds. The molecular formula is C12H16N2. The van der Waals surface area contributed by atoms with Crippen molar-refractivity contribution in [2.45, 2.75) is 19.9 Å². The van der Waals surface area contributed by atoms with Crippen molar-refractivity contribution in [1.82, 2.24) is 5.32 Å². The van der Waals surface area contributed by atoms with Gasteiger partial charge in [0, 0.05) is 12.0 Å². The van der Waals surface area contributed by atoms with E-state index in [1.165, 1.54) is 5.56 Å². The number of hydrogen-bond donors (Lipinski definition) is 1. The van der Waals surface area contributed by atoms with Gasteiger partial charge in [-0.15, -0.1) is 0 Å². The zero-order chi connectivity index (χ0) is 10.0. The highest BCUT2D eigenvalue weighted by Crippen LogP contribution is 2.34. The molecule has 0 unspecified atom stereocenters. The summed E-state index contributed by atoms with van der Waals surface area (Å²) in [6, 6.07) is 10.9. The number of benzene rings is 1. The number of rotatable bonds is 1. The first-order chi connectivity index (χ1) is 6.70. The topological polar surface area (TPSA) is 24.4 Å². The van der Waals surface area contributed by atoms with Crippen molar-refractivity contribution in [2.75, 3.05) is 6.54 Å². The molecule has 0 fully saturated rings. The Morgan fingerprint density at radius 1 is 1.29 bits per heavy atom. The second kappa shape index (κ2) is 3.45. The van der Waals surface area contributed by atoms with Crippen LogP contribution in [-0.2, 0) is 0 Å². The summed E-state index contributed by atoms with van der Waals surface area (Å²) >= 11 is 0. The van der Waals surface area contributed by atoms with Crippen LogP contribution >= 0.6 is 0 Å². The van der Waals surface area contributed by atoms with Crippen LogP contribution in [0.15, 0.2) is 35.3 Å². The molecule has 1 aliphatic rings. The molecule has 1 aromatic carbocycles. The lowest BCUT2D eigenvalue weighted by Crippen LogP contribution is -2.39. The Balaban J connectivity index is 2.30. The first-order valence-electron chi connectivity index (χ1n) is 4.99. The number of nitrogens with one attached hydrogen (secondary N) is 1. The Labute approximate surface area is 85.1 Å². The van der Waals surface area contributed by atoms with Crippen molar-refractivity contribution >= 4 is 6.34 Å².